The van der Waals surface area contributed by atoms with Gasteiger partial charge < -0.3 is 14.8 Å². The summed E-state index contributed by atoms with van der Waals surface area (Å²) in [6, 6.07) is 14.8. The Morgan fingerprint density at radius 3 is 2.52 bits per heavy atom. The number of anilines is 1. The van der Waals surface area contributed by atoms with Crippen molar-refractivity contribution in [2.45, 2.75) is 20.3 Å². The maximum atomic E-state index is 12.6. The Kier molecular flexibility index (Phi) is 6.67. The summed E-state index contributed by atoms with van der Waals surface area (Å²) < 4.78 is 10.6. The molecule has 0 saturated heterocycles. The Morgan fingerprint density at radius 1 is 1.10 bits per heavy atom. The highest BCUT2D eigenvalue weighted by Crippen LogP contribution is 2.37. The molecular formula is C23H23NO4S. The molecule has 0 saturated carbocycles. The zero-order chi connectivity index (χ0) is 20.8. The summed E-state index contributed by atoms with van der Waals surface area (Å²) in [5, 5.41) is 5.16. The molecule has 0 atom stereocenters. The van der Waals surface area contributed by atoms with E-state index in [9.17, 15) is 9.59 Å². The molecule has 0 radical (unpaired) electrons. The molecule has 0 aliphatic heterocycles. The predicted octanol–water partition coefficient (Wildman–Crippen LogP) is 5.55. The van der Waals surface area contributed by atoms with Gasteiger partial charge in [0, 0.05) is 16.5 Å². The van der Waals surface area contributed by atoms with E-state index in [0.29, 0.717) is 28.3 Å². The molecule has 0 fully saturated rings. The summed E-state index contributed by atoms with van der Waals surface area (Å²) in [5.74, 6) is 0.0149. The second-order valence-electron chi connectivity index (χ2n) is 6.54. The van der Waals surface area contributed by atoms with Gasteiger partial charge in [-0.15, -0.1) is 11.3 Å². The maximum Gasteiger partial charge on any atom is 0.341 e. The summed E-state index contributed by atoms with van der Waals surface area (Å²) in [7, 11) is 1.33. The smallest absolute Gasteiger partial charge is 0.341 e. The fraction of sp³-hybridized carbons (Fsp3) is 0.217. The Morgan fingerprint density at radius 2 is 1.86 bits per heavy atom. The molecule has 0 bridgehead atoms. The van der Waals surface area contributed by atoms with Crippen LogP contribution in [0.5, 0.6) is 5.75 Å². The van der Waals surface area contributed by atoms with E-state index in [1.807, 2.05) is 48.7 Å². The van der Waals surface area contributed by atoms with Crippen molar-refractivity contribution < 1.29 is 19.1 Å². The van der Waals surface area contributed by atoms with E-state index in [4.69, 9.17) is 9.47 Å². The van der Waals surface area contributed by atoms with Gasteiger partial charge in [0.2, 0.25) is 0 Å². The number of amides is 1. The van der Waals surface area contributed by atoms with E-state index in [1.165, 1.54) is 18.4 Å². The first-order valence-corrected chi connectivity index (χ1v) is 10.2. The van der Waals surface area contributed by atoms with Crippen molar-refractivity contribution in [2.75, 3.05) is 19.0 Å². The first kappa shape index (κ1) is 20.6. The third-order valence-corrected chi connectivity index (χ3v) is 5.22. The van der Waals surface area contributed by atoms with Crippen molar-refractivity contribution in [1.29, 1.82) is 0 Å². The number of methoxy groups -OCH3 is 1. The summed E-state index contributed by atoms with van der Waals surface area (Å²) in [5.41, 5.74) is 3.43. The van der Waals surface area contributed by atoms with Gasteiger partial charge in [0.25, 0.3) is 5.91 Å². The number of thiophene rings is 1. The lowest BCUT2D eigenvalue weighted by molar-refractivity contribution is 0.0603. The Hall–Kier alpha value is -3.12. The zero-order valence-corrected chi connectivity index (χ0v) is 17.5. The van der Waals surface area contributed by atoms with Crippen LogP contribution in [-0.2, 0) is 4.74 Å². The molecule has 3 aromatic rings. The molecule has 5 nitrogen and oxygen atoms in total. The van der Waals surface area contributed by atoms with Crippen LogP contribution in [-0.4, -0.2) is 25.6 Å². The number of hydrogen-bond acceptors (Lipinski definition) is 5. The number of benzene rings is 2. The van der Waals surface area contributed by atoms with Crippen LogP contribution in [0.2, 0.25) is 0 Å². The van der Waals surface area contributed by atoms with Crippen LogP contribution >= 0.6 is 11.3 Å². The first-order valence-electron chi connectivity index (χ1n) is 9.34. The minimum atomic E-state index is -0.493. The van der Waals surface area contributed by atoms with E-state index < -0.39 is 5.97 Å². The molecule has 0 spiro atoms. The number of carbonyl (C=O) groups excluding carboxylic acids is 2. The summed E-state index contributed by atoms with van der Waals surface area (Å²) in [6.07, 6.45) is 0.933. The van der Waals surface area contributed by atoms with Crippen LogP contribution in [0.3, 0.4) is 0 Å². The fourth-order valence-corrected chi connectivity index (χ4v) is 3.83. The maximum absolute atomic E-state index is 12.6. The van der Waals surface area contributed by atoms with Crippen LogP contribution in [0.4, 0.5) is 5.00 Å². The fourth-order valence-electron chi connectivity index (χ4n) is 2.88. The molecule has 29 heavy (non-hydrogen) atoms. The van der Waals surface area contributed by atoms with Crippen molar-refractivity contribution in [1.82, 2.24) is 0 Å². The highest BCUT2D eigenvalue weighted by molar-refractivity contribution is 7.15. The third-order valence-electron chi connectivity index (χ3n) is 4.33. The van der Waals surface area contributed by atoms with Crippen LogP contribution in [0, 0.1) is 6.92 Å². The van der Waals surface area contributed by atoms with Crippen LogP contribution in [0.1, 0.15) is 39.6 Å². The number of nitrogens with one attached hydrogen (secondary N) is 1. The molecule has 150 valence electrons. The second-order valence-corrected chi connectivity index (χ2v) is 7.42. The average molecular weight is 410 g/mol. The van der Waals surface area contributed by atoms with Gasteiger partial charge in [-0.25, -0.2) is 4.79 Å². The lowest BCUT2D eigenvalue weighted by Gasteiger charge is -2.09. The first-order chi connectivity index (χ1) is 14.0. The molecule has 0 unspecified atom stereocenters. The second kappa shape index (κ2) is 9.39. The lowest BCUT2D eigenvalue weighted by Crippen LogP contribution is -2.14. The molecular weight excluding hydrogens is 386 g/mol. The predicted molar refractivity (Wildman–Crippen MR) is 116 cm³/mol. The highest BCUT2D eigenvalue weighted by Gasteiger charge is 2.22. The third kappa shape index (κ3) is 4.84. The van der Waals surface area contributed by atoms with E-state index >= 15 is 0 Å². The standard InChI is InChI=1S/C23H23NO4S/c1-4-12-28-18-10-8-16(9-11-18)19-14-29-22(20(19)23(26)27-3)24-21(25)17-7-5-6-15(2)13-17/h5-11,13-14H,4,12H2,1-3H3,(H,24,25). The Labute approximate surface area is 174 Å². The quantitative estimate of drug-likeness (QED) is 0.520. The van der Waals surface area contributed by atoms with Gasteiger partial charge in [0.15, 0.2) is 0 Å². The number of rotatable bonds is 7. The molecule has 3 rings (SSSR count). The topological polar surface area (TPSA) is 64.6 Å². The van der Waals surface area contributed by atoms with Gasteiger partial charge >= 0.3 is 5.97 Å². The van der Waals surface area contributed by atoms with Crippen molar-refractivity contribution in [2.24, 2.45) is 0 Å². The van der Waals surface area contributed by atoms with E-state index in [2.05, 4.69) is 12.2 Å². The largest absolute Gasteiger partial charge is 0.494 e. The molecule has 1 aromatic heterocycles. The highest BCUT2D eigenvalue weighted by atomic mass is 32.1. The molecule has 0 aliphatic rings. The monoisotopic (exact) mass is 409 g/mol. The normalized spacial score (nSPS) is 10.4. The van der Waals surface area contributed by atoms with E-state index in [1.54, 1.807) is 12.1 Å². The van der Waals surface area contributed by atoms with Gasteiger partial charge in [-0.2, -0.15) is 0 Å². The molecule has 1 heterocycles. The number of ether oxygens (including phenoxy) is 2. The number of hydrogen-bond donors (Lipinski definition) is 1. The zero-order valence-electron chi connectivity index (χ0n) is 16.7. The van der Waals surface area contributed by atoms with Crippen LogP contribution in [0.25, 0.3) is 11.1 Å². The Balaban J connectivity index is 1.91. The van der Waals surface area contributed by atoms with Crippen molar-refractivity contribution in [3.05, 3.63) is 70.6 Å². The lowest BCUT2D eigenvalue weighted by atomic mass is 10.0. The Bertz CT molecular complexity index is 1010. The van der Waals surface area contributed by atoms with Crippen LogP contribution in [0.15, 0.2) is 53.9 Å². The molecule has 0 aliphatic carbocycles. The van der Waals surface area contributed by atoms with Gasteiger partial charge in [0.05, 0.1) is 13.7 Å². The number of aryl methyl sites for hydroxylation is 1. The molecule has 2 aromatic carbocycles. The number of carbonyl (C=O) groups is 2. The van der Waals surface area contributed by atoms with Crippen LogP contribution < -0.4 is 10.1 Å². The van der Waals surface area contributed by atoms with Crippen molar-refractivity contribution in [3.8, 4) is 16.9 Å². The summed E-state index contributed by atoms with van der Waals surface area (Å²) >= 11 is 1.30. The van der Waals surface area contributed by atoms with Crippen molar-refractivity contribution in [3.63, 3.8) is 0 Å². The minimum Gasteiger partial charge on any atom is -0.494 e. The SMILES string of the molecule is CCCOc1ccc(-c2csc(NC(=O)c3cccc(C)c3)c2C(=O)OC)cc1. The molecule has 1 amide bonds. The van der Waals surface area contributed by atoms with E-state index in [0.717, 1.165) is 23.3 Å². The van der Waals surface area contributed by atoms with Crippen molar-refractivity contribution >= 4 is 28.2 Å². The van der Waals surface area contributed by atoms with Gasteiger partial charge in [-0.3, -0.25) is 4.79 Å². The average Bonchev–Trinajstić information content (AvgIpc) is 3.15. The van der Waals surface area contributed by atoms with E-state index in [-0.39, 0.29) is 5.91 Å². The molecule has 1 N–H and O–H groups in total. The van der Waals surface area contributed by atoms with Gasteiger partial charge in [0.1, 0.15) is 16.3 Å². The number of esters is 1. The van der Waals surface area contributed by atoms with Gasteiger partial charge in [-0.1, -0.05) is 36.8 Å². The minimum absolute atomic E-state index is 0.268. The molecule has 6 heteroatoms. The summed E-state index contributed by atoms with van der Waals surface area (Å²) in [6.45, 7) is 4.63. The van der Waals surface area contributed by atoms with Gasteiger partial charge in [-0.05, 0) is 43.2 Å². The summed E-state index contributed by atoms with van der Waals surface area (Å²) in [4.78, 5) is 25.1.